The second-order valence-corrected chi connectivity index (χ2v) is 4.55. The van der Waals surface area contributed by atoms with Crippen LogP contribution >= 0.6 is 0 Å². The molecule has 0 fully saturated rings. The Kier molecular flexibility index (Phi) is 6.13. The number of pyridine rings is 1. The van der Waals surface area contributed by atoms with Crippen LogP contribution in [0.2, 0.25) is 0 Å². The maximum Gasteiger partial charge on any atom is 0.171 e. The highest BCUT2D eigenvalue weighted by molar-refractivity contribution is 5.20. The monoisotopic (exact) mass is 242 g/mol. The van der Waals surface area contributed by atoms with Crippen LogP contribution in [0.3, 0.4) is 0 Å². The predicted molar refractivity (Wildman–Crippen MR) is 77.6 cm³/mol. The minimum Gasteiger partial charge on any atom is -0.205 e. The van der Waals surface area contributed by atoms with E-state index in [1.807, 2.05) is 0 Å². The molecule has 0 aliphatic heterocycles. The molecule has 1 aromatic carbocycles. The molecule has 2 aromatic rings. The molecule has 0 amide bonds. The van der Waals surface area contributed by atoms with Gasteiger partial charge in [-0.3, -0.25) is 0 Å². The molecule has 0 radical (unpaired) electrons. The second-order valence-electron chi connectivity index (χ2n) is 4.55. The van der Waals surface area contributed by atoms with Crippen LogP contribution in [-0.2, 0) is 13.0 Å². The van der Waals surface area contributed by atoms with Crippen molar-refractivity contribution < 1.29 is 4.57 Å². The number of hydrogen-bond acceptors (Lipinski definition) is 0. The van der Waals surface area contributed by atoms with Gasteiger partial charge >= 0.3 is 0 Å². The van der Waals surface area contributed by atoms with Crippen LogP contribution < -0.4 is 4.57 Å². The molecule has 0 saturated carbocycles. The first kappa shape index (κ1) is 14.4. The third-order valence-electron chi connectivity index (χ3n) is 2.90. The fraction of sp³-hybridized carbons (Fsp3) is 0.353. The lowest BCUT2D eigenvalue weighted by molar-refractivity contribution is -0.693. The third-order valence-corrected chi connectivity index (χ3v) is 2.90. The van der Waals surface area contributed by atoms with Gasteiger partial charge in [0.1, 0.15) is 6.54 Å². The molecule has 0 unspecified atom stereocenters. The number of hydrogen-bond donors (Lipinski definition) is 0. The zero-order valence-electron chi connectivity index (χ0n) is 12.0. The molecule has 2 rings (SSSR count). The van der Waals surface area contributed by atoms with Crippen molar-refractivity contribution in [3.8, 4) is 0 Å². The Morgan fingerprint density at radius 3 is 2.00 bits per heavy atom. The van der Waals surface area contributed by atoms with Crippen LogP contribution in [0.25, 0.3) is 0 Å². The Hall–Kier alpha value is -1.63. The molecule has 1 nitrogen and oxygen atoms in total. The van der Waals surface area contributed by atoms with Crippen LogP contribution in [0.15, 0.2) is 48.8 Å². The van der Waals surface area contributed by atoms with Crippen LogP contribution in [0.1, 0.15) is 30.5 Å². The number of aryl methyl sites for hydroxylation is 4. The lowest BCUT2D eigenvalue weighted by atomic mass is 10.1. The van der Waals surface area contributed by atoms with Gasteiger partial charge in [0.2, 0.25) is 0 Å². The van der Waals surface area contributed by atoms with Gasteiger partial charge in [-0.1, -0.05) is 36.8 Å². The summed E-state index contributed by atoms with van der Waals surface area (Å²) in [6.07, 6.45) is 5.35. The van der Waals surface area contributed by atoms with E-state index < -0.39 is 0 Å². The summed E-state index contributed by atoms with van der Waals surface area (Å²) in [6.45, 7) is 9.58. The highest BCUT2D eigenvalue weighted by atomic mass is 14.9. The van der Waals surface area contributed by atoms with E-state index >= 15 is 0 Å². The van der Waals surface area contributed by atoms with Crippen molar-refractivity contribution in [2.24, 2.45) is 0 Å². The normalized spacial score (nSPS) is 9.56. The smallest absolute Gasteiger partial charge is 0.171 e. The number of nitrogens with zero attached hydrogens (tertiary/aromatic N) is 1. The number of benzene rings is 1. The van der Waals surface area contributed by atoms with E-state index in [-0.39, 0.29) is 0 Å². The van der Waals surface area contributed by atoms with E-state index in [1.165, 1.54) is 16.7 Å². The number of rotatable bonds is 2. The molecule has 1 heterocycles. The summed E-state index contributed by atoms with van der Waals surface area (Å²) in [4.78, 5) is 0. The first-order valence-electron chi connectivity index (χ1n) is 6.67. The van der Waals surface area contributed by atoms with Gasteiger partial charge in [-0.05, 0) is 38.8 Å². The van der Waals surface area contributed by atoms with Gasteiger partial charge in [-0.15, -0.1) is 0 Å². The number of aromatic nitrogens is 1. The summed E-state index contributed by atoms with van der Waals surface area (Å²) in [5.41, 5.74) is 4.08. The van der Waals surface area contributed by atoms with Crippen LogP contribution in [-0.4, -0.2) is 0 Å². The Bertz CT molecular complexity index is 457. The van der Waals surface area contributed by atoms with Crippen LogP contribution in [0, 0.1) is 13.8 Å². The first-order valence-corrected chi connectivity index (χ1v) is 6.67. The predicted octanol–water partition coefficient (Wildman–Crippen LogP) is 3.86. The van der Waals surface area contributed by atoms with Crippen molar-refractivity contribution in [2.45, 2.75) is 40.7 Å². The van der Waals surface area contributed by atoms with E-state index in [4.69, 9.17) is 0 Å². The van der Waals surface area contributed by atoms with Crippen molar-refractivity contribution in [3.63, 3.8) is 0 Å². The lowest BCUT2D eigenvalue weighted by Crippen LogP contribution is -2.30. The summed E-state index contributed by atoms with van der Waals surface area (Å²) in [7, 11) is 0. The molecule has 1 aromatic heterocycles. The molecule has 1 heteroatoms. The maximum atomic E-state index is 2.18. The third kappa shape index (κ3) is 5.13. The Morgan fingerprint density at radius 2 is 1.56 bits per heavy atom. The van der Waals surface area contributed by atoms with Crippen molar-refractivity contribution in [2.75, 3.05) is 0 Å². The summed E-state index contributed by atoms with van der Waals surface area (Å²) >= 11 is 0. The Labute approximate surface area is 111 Å². The topological polar surface area (TPSA) is 3.88 Å². The standard InChI is InChI=1S/C9H12.C8H12N/c1-3-9-6-4-8(2)5-7-9;1-3-9-6-4-5-8(2)7-9/h2*4-7H,3H2,1-2H3/q;+1. The molecular weight excluding hydrogens is 218 g/mol. The van der Waals surface area contributed by atoms with E-state index in [1.54, 1.807) is 0 Å². The van der Waals surface area contributed by atoms with Gasteiger partial charge in [0.15, 0.2) is 12.4 Å². The van der Waals surface area contributed by atoms with Crippen LogP contribution in [0.4, 0.5) is 0 Å². The molecule has 18 heavy (non-hydrogen) atoms. The highest BCUT2D eigenvalue weighted by Crippen LogP contribution is 2.02. The summed E-state index contributed by atoms with van der Waals surface area (Å²) < 4.78 is 2.16. The van der Waals surface area contributed by atoms with Crippen molar-refractivity contribution >= 4 is 0 Å². The van der Waals surface area contributed by atoms with Gasteiger partial charge in [0.05, 0.1) is 0 Å². The second kappa shape index (κ2) is 7.65. The average Bonchev–Trinajstić information content (AvgIpc) is 2.40. The van der Waals surface area contributed by atoms with Gasteiger partial charge < -0.3 is 0 Å². The highest BCUT2D eigenvalue weighted by Gasteiger charge is 1.92. The summed E-state index contributed by atoms with van der Waals surface area (Å²) in [5.74, 6) is 0. The fourth-order valence-corrected chi connectivity index (χ4v) is 1.67. The Morgan fingerprint density at radius 1 is 0.889 bits per heavy atom. The summed E-state index contributed by atoms with van der Waals surface area (Å²) in [6, 6.07) is 12.8. The molecule has 0 atom stereocenters. The quantitative estimate of drug-likeness (QED) is 0.704. The van der Waals surface area contributed by atoms with E-state index in [9.17, 15) is 0 Å². The molecule has 0 N–H and O–H groups in total. The molecule has 0 aliphatic rings. The minimum atomic E-state index is 1.06. The Balaban J connectivity index is 0.000000180. The molecule has 96 valence electrons. The van der Waals surface area contributed by atoms with E-state index in [2.05, 4.69) is 81.1 Å². The lowest BCUT2D eigenvalue weighted by Gasteiger charge is -1.94. The van der Waals surface area contributed by atoms with Crippen molar-refractivity contribution in [1.29, 1.82) is 0 Å². The maximum absolute atomic E-state index is 2.18. The molecule has 0 saturated heterocycles. The molecule has 0 spiro atoms. The minimum absolute atomic E-state index is 1.06. The van der Waals surface area contributed by atoms with E-state index in [0.717, 1.165) is 13.0 Å². The van der Waals surface area contributed by atoms with Crippen molar-refractivity contribution in [1.82, 2.24) is 0 Å². The van der Waals surface area contributed by atoms with Gasteiger partial charge in [-0.25, -0.2) is 4.57 Å². The molecule has 0 bridgehead atoms. The van der Waals surface area contributed by atoms with Crippen LogP contribution in [0.5, 0.6) is 0 Å². The largest absolute Gasteiger partial charge is 0.205 e. The summed E-state index contributed by atoms with van der Waals surface area (Å²) in [5, 5.41) is 0. The zero-order valence-corrected chi connectivity index (χ0v) is 12.0. The fourth-order valence-electron chi connectivity index (χ4n) is 1.67. The average molecular weight is 242 g/mol. The first-order chi connectivity index (χ1) is 8.65. The van der Waals surface area contributed by atoms with Gasteiger partial charge in [-0.2, -0.15) is 0 Å². The van der Waals surface area contributed by atoms with Crippen molar-refractivity contribution in [3.05, 3.63) is 65.5 Å². The molecular formula is C17H24N+. The zero-order chi connectivity index (χ0) is 13.4. The molecule has 0 aliphatic carbocycles. The van der Waals surface area contributed by atoms with E-state index in [0.29, 0.717) is 0 Å². The van der Waals surface area contributed by atoms with Gasteiger partial charge in [0, 0.05) is 11.6 Å². The SMILES string of the molecule is CC[n+]1cccc(C)c1.CCc1ccc(C)cc1. The van der Waals surface area contributed by atoms with Gasteiger partial charge in [0.25, 0.3) is 0 Å².